The highest BCUT2D eigenvalue weighted by molar-refractivity contribution is 5.98. The molecule has 1 saturated heterocycles. The Labute approximate surface area is 174 Å². The standard InChI is InChI=1S/C22H24N2O6/c1-3-28-18-11-10-16(12-19(18)29-4-2)21(26)23-17(15-8-6-5-7-9-15)13-24-20(25)14-30-22(24)27/h5-12,17H,3-4,13-14H2,1-2H3,(H,23,26). The third-order valence-corrected chi connectivity index (χ3v) is 4.52. The first kappa shape index (κ1) is 21.2. The molecule has 0 spiro atoms. The second-order valence-corrected chi connectivity index (χ2v) is 6.52. The van der Waals surface area contributed by atoms with Crippen molar-refractivity contribution in [2.75, 3.05) is 26.4 Å². The van der Waals surface area contributed by atoms with Crippen LogP contribution in [0.4, 0.5) is 4.79 Å². The lowest BCUT2D eigenvalue weighted by Gasteiger charge is -2.23. The number of imide groups is 1. The van der Waals surface area contributed by atoms with Gasteiger partial charge in [-0.15, -0.1) is 0 Å². The molecule has 0 aliphatic carbocycles. The van der Waals surface area contributed by atoms with Crippen LogP contribution in [-0.2, 0) is 9.53 Å². The SMILES string of the molecule is CCOc1ccc(C(=O)NC(CN2C(=O)COC2=O)c2ccccc2)cc1OCC. The Kier molecular flexibility index (Phi) is 6.90. The van der Waals surface area contributed by atoms with E-state index in [0.717, 1.165) is 10.5 Å². The molecule has 1 atom stereocenters. The monoisotopic (exact) mass is 412 g/mol. The molecule has 1 fully saturated rings. The van der Waals surface area contributed by atoms with Gasteiger partial charge in [-0.05, 0) is 37.6 Å². The number of amides is 3. The smallest absolute Gasteiger partial charge is 0.417 e. The maximum absolute atomic E-state index is 13.0. The van der Waals surface area contributed by atoms with E-state index in [0.29, 0.717) is 30.3 Å². The summed E-state index contributed by atoms with van der Waals surface area (Å²) in [5.74, 6) is 0.227. The Hall–Kier alpha value is -3.55. The lowest BCUT2D eigenvalue weighted by Crippen LogP contribution is -2.40. The molecule has 30 heavy (non-hydrogen) atoms. The van der Waals surface area contributed by atoms with Gasteiger partial charge in [0.25, 0.3) is 11.8 Å². The van der Waals surface area contributed by atoms with Crippen LogP contribution in [-0.4, -0.2) is 49.2 Å². The van der Waals surface area contributed by atoms with E-state index in [9.17, 15) is 14.4 Å². The highest BCUT2D eigenvalue weighted by Gasteiger charge is 2.33. The molecule has 1 unspecified atom stereocenters. The van der Waals surface area contributed by atoms with Crippen LogP contribution in [0, 0.1) is 0 Å². The number of nitrogens with one attached hydrogen (secondary N) is 1. The molecule has 2 aromatic carbocycles. The van der Waals surface area contributed by atoms with Crippen LogP contribution in [0.1, 0.15) is 35.8 Å². The summed E-state index contributed by atoms with van der Waals surface area (Å²) in [7, 11) is 0. The maximum atomic E-state index is 13.0. The number of hydrogen-bond acceptors (Lipinski definition) is 6. The third-order valence-electron chi connectivity index (χ3n) is 4.52. The van der Waals surface area contributed by atoms with E-state index in [2.05, 4.69) is 5.32 Å². The molecular weight excluding hydrogens is 388 g/mol. The Bertz CT molecular complexity index is 899. The highest BCUT2D eigenvalue weighted by atomic mass is 16.6. The van der Waals surface area contributed by atoms with E-state index in [-0.39, 0.29) is 19.1 Å². The van der Waals surface area contributed by atoms with Crippen molar-refractivity contribution in [3.8, 4) is 11.5 Å². The zero-order valence-electron chi connectivity index (χ0n) is 16.9. The predicted molar refractivity (Wildman–Crippen MR) is 108 cm³/mol. The Morgan fingerprint density at radius 3 is 2.40 bits per heavy atom. The molecule has 3 amide bonds. The fourth-order valence-electron chi connectivity index (χ4n) is 3.09. The average Bonchev–Trinajstić information content (AvgIpc) is 3.07. The molecule has 8 heteroatoms. The van der Waals surface area contributed by atoms with E-state index in [1.165, 1.54) is 0 Å². The summed E-state index contributed by atoms with van der Waals surface area (Å²) in [4.78, 5) is 37.8. The zero-order chi connectivity index (χ0) is 21.5. The molecule has 1 aliphatic rings. The van der Waals surface area contributed by atoms with Crippen molar-refractivity contribution < 1.29 is 28.6 Å². The van der Waals surface area contributed by atoms with Crippen molar-refractivity contribution in [1.82, 2.24) is 10.2 Å². The van der Waals surface area contributed by atoms with Gasteiger partial charge in [0.2, 0.25) is 0 Å². The van der Waals surface area contributed by atoms with E-state index < -0.39 is 18.0 Å². The Morgan fingerprint density at radius 1 is 1.07 bits per heavy atom. The second kappa shape index (κ2) is 9.78. The molecule has 1 N–H and O–H groups in total. The zero-order valence-corrected chi connectivity index (χ0v) is 16.9. The van der Waals surface area contributed by atoms with E-state index in [1.54, 1.807) is 18.2 Å². The molecule has 0 saturated carbocycles. The van der Waals surface area contributed by atoms with E-state index >= 15 is 0 Å². The van der Waals surface area contributed by atoms with Gasteiger partial charge in [-0.1, -0.05) is 30.3 Å². The molecule has 0 radical (unpaired) electrons. The van der Waals surface area contributed by atoms with Crippen LogP contribution in [0.3, 0.4) is 0 Å². The van der Waals surface area contributed by atoms with Gasteiger partial charge in [0.1, 0.15) is 0 Å². The molecular formula is C22H24N2O6. The number of ether oxygens (including phenoxy) is 3. The van der Waals surface area contributed by atoms with Crippen molar-refractivity contribution in [3.63, 3.8) is 0 Å². The van der Waals surface area contributed by atoms with E-state index in [1.807, 2.05) is 44.2 Å². The van der Waals surface area contributed by atoms with Gasteiger partial charge in [0.05, 0.1) is 25.8 Å². The molecule has 8 nitrogen and oxygen atoms in total. The fourth-order valence-corrected chi connectivity index (χ4v) is 3.09. The maximum Gasteiger partial charge on any atom is 0.417 e. The second-order valence-electron chi connectivity index (χ2n) is 6.52. The number of nitrogens with zero attached hydrogens (tertiary/aromatic N) is 1. The van der Waals surface area contributed by atoms with Crippen molar-refractivity contribution in [3.05, 3.63) is 59.7 Å². The Morgan fingerprint density at radius 2 is 1.77 bits per heavy atom. The van der Waals surface area contributed by atoms with Crippen LogP contribution >= 0.6 is 0 Å². The van der Waals surface area contributed by atoms with Crippen LogP contribution in [0.5, 0.6) is 11.5 Å². The quantitative estimate of drug-likeness (QED) is 0.681. The van der Waals surface area contributed by atoms with Gasteiger partial charge in [0, 0.05) is 5.56 Å². The minimum absolute atomic E-state index is 0.0250. The number of cyclic esters (lactones) is 1. The number of carbonyl (C=O) groups excluding carboxylic acids is 3. The first-order valence-corrected chi connectivity index (χ1v) is 9.76. The van der Waals surface area contributed by atoms with Gasteiger partial charge < -0.3 is 19.5 Å². The number of rotatable bonds is 9. The van der Waals surface area contributed by atoms with Gasteiger partial charge in [-0.25, -0.2) is 9.69 Å². The highest BCUT2D eigenvalue weighted by Crippen LogP contribution is 2.29. The molecule has 1 aliphatic heterocycles. The number of benzene rings is 2. The first-order chi connectivity index (χ1) is 14.5. The summed E-state index contributed by atoms with van der Waals surface area (Å²) >= 11 is 0. The van der Waals surface area contributed by atoms with Crippen LogP contribution in [0.25, 0.3) is 0 Å². The fraction of sp³-hybridized carbons (Fsp3) is 0.318. The summed E-state index contributed by atoms with van der Waals surface area (Å²) < 4.78 is 15.9. The lowest BCUT2D eigenvalue weighted by molar-refractivity contribution is -0.126. The molecule has 0 aromatic heterocycles. The molecule has 0 bridgehead atoms. The summed E-state index contributed by atoms with van der Waals surface area (Å²) in [6.45, 7) is 4.30. The molecule has 3 rings (SSSR count). The van der Waals surface area contributed by atoms with Gasteiger partial charge in [0.15, 0.2) is 18.1 Å². The summed E-state index contributed by atoms with van der Waals surface area (Å²) in [6.07, 6.45) is -0.713. The molecule has 1 heterocycles. The number of carbonyl (C=O) groups is 3. The topological polar surface area (TPSA) is 94.2 Å². The van der Waals surface area contributed by atoms with Crippen LogP contribution in [0.2, 0.25) is 0 Å². The van der Waals surface area contributed by atoms with Crippen molar-refractivity contribution in [2.24, 2.45) is 0 Å². The van der Waals surface area contributed by atoms with Crippen molar-refractivity contribution in [1.29, 1.82) is 0 Å². The van der Waals surface area contributed by atoms with Crippen LogP contribution < -0.4 is 14.8 Å². The van der Waals surface area contributed by atoms with E-state index in [4.69, 9.17) is 14.2 Å². The van der Waals surface area contributed by atoms with Gasteiger partial charge in [-0.3, -0.25) is 9.59 Å². The summed E-state index contributed by atoms with van der Waals surface area (Å²) in [6, 6.07) is 13.5. The minimum Gasteiger partial charge on any atom is -0.490 e. The summed E-state index contributed by atoms with van der Waals surface area (Å²) in [5.41, 5.74) is 1.13. The largest absolute Gasteiger partial charge is 0.490 e. The Balaban J connectivity index is 1.83. The van der Waals surface area contributed by atoms with Crippen LogP contribution in [0.15, 0.2) is 48.5 Å². The summed E-state index contributed by atoms with van der Waals surface area (Å²) in [5, 5.41) is 2.90. The van der Waals surface area contributed by atoms with Gasteiger partial charge in [-0.2, -0.15) is 0 Å². The van der Waals surface area contributed by atoms with Crippen molar-refractivity contribution >= 4 is 17.9 Å². The predicted octanol–water partition coefficient (Wildman–Crippen LogP) is 2.93. The lowest BCUT2D eigenvalue weighted by atomic mass is 10.1. The third kappa shape index (κ3) is 4.89. The molecule has 158 valence electrons. The minimum atomic E-state index is -0.713. The van der Waals surface area contributed by atoms with Crippen molar-refractivity contribution in [2.45, 2.75) is 19.9 Å². The first-order valence-electron chi connectivity index (χ1n) is 9.76. The van der Waals surface area contributed by atoms with Gasteiger partial charge >= 0.3 is 6.09 Å². The average molecular weight is 412 g/mol. The molecule has 2 aromatic rings. The number of hydrogen-bond donors (Lipinski definition) is 1. The normalized spacial score (nSPS) is 14.3.